The minimum absolute atomic E-state index is 0.0618. The highest BCUT2D eigenvalue weighted by atomic mass is 19.1. The number of halogens is 1. The van der Waals surface area contributed by atoms with Crippen molar-refractivity contribution in [3.63, 3.8) is 0 Å². The highest BCUT2D eigenvalue weighted by Gasteiger charge is 2.12. The van der Waals surface area contributed by atoms with Crippen molar-refractivity contribution in [1.82, 2.24) is 5.32 Å². The van der Waals surface area contributed by atoms with Crippen LogP contribution in [0.3, 0.4) is 0 Å². The van der Waals surface area contributed by atoms with Crippen LogP contribution in [0.1, 0.15) is 31.2 Å². The molecular formula is C13H18FN. The molecule has 0 saturated carbocycles. The second-order valence-corrected chi connectivity index (χ2v) is 4.28. The molecule has 0 aliphatic carbocycles. The monoisotopic (exact) mass is 207 g/mol. The number of aryl methyl sites for hydroxylation is 1. The van der Waals surface area contributed by atoms with Crippen LogP contribution in [-0.4, -0.2) is 12.6 Å². The van der Waals surface area contributed by atoms with Gasteiger partial charge in [0.05, 0.1) is 0 Å². The van der Waals surface area contributed by atoms with Crippen molar-refractivity contribution in [3.05, 3.63) is 35.6 Å². The first-order valence-corrected chi connectivity index (χ1v) is 5.83. The summed E-state index contributed by atoms with van der Waals surface area (Å²) in [5, 5.41) is 3.49. The summed E-state index contributed by atoms with van der Waals surface area (Å²) in [4.78, 5) is 0. The Kier molecular flexibility index (Phi) is 3.73. The Balaban J connectivity index is 1.84. The van der Waals surface area contributed by atoms with Crippen LogP contribution in [0.5, 0.6) is 0 Å². The molecule has 15 heavy (non-hydrogen) atoms. The van der Waals surface area contributed by atoms with Gasteiger partial charge in [-0.25, -0.2) is 4.39 Å². The Morgan fingerprint density at radius 3 is 2.87 bits per heavy atom. The first-order chi connectivity index (χ1) is 7.36. The quantitative estimate of drug-likeness (QED) is 0.803. The molecule has 0 amide bonds. The van der Waals surface area contributed by atoms with E-state index in [1.54, 1.807) is 12.1 Å². The molecule has 1 fully saturated rings. The highest BCUT2D eigenvalue weighted by molar-refractivity contribution is 5.17. The molecule has 2 heteroatoms. The molecule has 2 rings (SSSR count). The van der Waals surface area contributed by atoms with Gasteiger partial charge in [0.1, 0.15) is 5.82 Å². The van der Waals surface area contributed by atoms with Crippen LogP contribution < -0.4 is 5.32 Å². The largest absolute Gasteiger partial charge is 0.314 e. The molecule has 1 atom stereocenters. The zero-order valence-corrected chi connectivity index (χ0v) is 9.01. The predicted molar refractivity (Wildman–Crippen MR) is 60.4 cm³/mol. The molecule has 1 aliphatic rings. The standard InChI is InChI=1S/C13H18FN/c14-13-7-2-1-5-11(13)8-9-12-6-3-4-10-15-12/h1-2,5,7,12,15H,3-4,6,8-10H2/t12-/m0/s1. The number of hydrogen-bond acceptors (Lipinski definition) is 1. The second-order valence-electron chi connectivity index (χ2n) is 4.28. The molecule has 0 aromatic heterocycles. The molecule has 0 unspecified atom stereocenters. The summed E-state index contributed by atoms with van der Waals surface area (Å²) >= 11 is 0. The van der Waals surface area contributed by atoms with Gasteiger partial charge in [0.15, 0.2) is 0 Å². The molecular weight excluding hydrogens is 189 g/mol. The van der Waals surface area contributed by atoms with Gasteiger partial charge < -0.3 is 5.32 Å². The van der Waals surface area contributed by atoms with E-state index in [4.69, 9.17) is 0 Å². The number of rotatable bonds is 3. The molecule has 1 heterocycles. The lowest BCUT2D eigenvalue weighted by atomic mass is 9.98. The van der Waals surface area contributed by atoms with Gasteiger partial charge in [0, 0.05) is 6.04 Å². The zero-order valence-electron chi connectivity index (χ0n) is 9.01. The molecule has 0 radical (unpaired) electrons. The van der Waals surface area contributed by atoms with Crippen molar-refractivity contribution in [2.75, 3.05) is 6.54 Å². The Morgan fingerprint density at radius 1 is 1.27 bits per heavy atom. The van der Waals surface area contributed by atoms with Crippen molar-refractivity contribution < 1.29 is 4.39 Å². The van der Waals surface area contributed by atoms with Gasteiger partial charge in [0.25, 0.3) is 0 Å². The molecule has 1 nitrogen and oxygen atoms in total. The van der Waals surface area contributed by atoms with Crippen molar-refractivity contribution >= 4 is 0 Å². The fraction of sp³-hybridized carbons (Fsp3) is 0.538. The molecule has 1 saturated heterocycles. The van der Waals surface area contributed by atoms with E-state index in [1.165, 1.54) is 19.3 Å². The van der Waals surface area contributed by atoms with E-state index in [0.29, 0.717) is 6.04 Å². The molecule has 1 aliphatic heterocycles. The summed E-state index contributed by atoms with van der Waals surface area (Å²) in [6.45, 7) is 1.13. The van der Waals surface area contributed by atoms with Crippen LogP contribution >= 0.6 is 0 Å². The molecule has 1 aromatic carbocycles. The third-order valence-electron chi connectivity index (χ3n) is 3.13. The first-order valence-electron chi connectivity index (χ1n) is 5.83. The van der Waals surface area contributed by atoms with Gasteiger partial charge >= 0.3 is 0 Å². The van der Waals surface area contributed by atoms with Crippen LogP contribution in [0.25, 0.3) is 0 Å². The van der Waals surface area contributed by atoms with E-state index in [-0.39, 0.29) is 5.82 Å². The first kappa shape index (κ1) is 10.6. The van der Waals surface area contributed by atoms with Gasteiger partial charge in [-0.05, 0) is 43.9 Å². The van der Waals surface area contributed by atoms with Gasteiger partial charge in [-0.3, -0.25) is 0 Å². The predicted octanol–water partition coefficient (Wildman–Crippen LogP) is 2.90. The average Bonchev–Trinajstić information content (AvgIpc) is 2.29. The number of benzene rings is 1. The minimum atomic E-state index is -0.0618. The molecule has 0 spiro atoms. The third-order valence-corrected chi connectivity index (χ3v) is 3.13. The highest BCUT2D eigenvalue weighted by Crippen LogP contribution is 2.15. The van der Waals surface area contributed by atoms with Crippen LogP contribution in [0, 0.1) is 5.82 Å². The number of nitrogens with one attached hydrogen (secondary N) is 1. The van der Waals surface area contributed by atoms with Crippen molar-refractivity contribution in [1.29, 1.82) is 0 Å². The molecule has 0 bridgehead atoms. The van der Waals surface area contributed by atoms with Gasteiger partial charge in [0.2, 0.25) is 0 Å². The smallest absolute Gasteiger partial charge is 0.126 e. The lowest BCUT2D eigenvalue weighted by Gasteiger charge is -2.23. The fourth-order valence-corrected chi connectivity index (χ4v) is 2.20. The number of piperidine rings is 1. The van der Waals surface area contributed by atoms with Gasteiger partial charge in [-0.1, -0.05) is 24.6 Å². The van der Waals surface area contributed by atoms with Crippen molar-refractivity contribution in [2.24, 2.45) is 0 Å². The molecule has 1 N–H and O–H groups in total. The molecule has 1 aromatic rings. The maximum Gasteiger partial charge on any atom is 0.126 e. The van der Waals surface area contributed by atoms with E-state index in [0.717, 1.165) is 24.9 Å². The van der Waals surface area contributed by atoms with E-state index in [1.807, 2.05) is 12.1 Å². The van der Waals surface area contributed by atoms with Crippen molar-refractivity contribution in [3.8, 4) is 0 Å². The Bertz CT molecular complexity index is 305. The topological polar surface area (TPSA) is 12.0 Å². The van der Waals surface area contributed by atoms with E-state index in [2.05, 4.69) is 5.32 Å². The second kappa shape index (κ2) is 5.26. The van der Waals surface area contributed by atoms with Crippen LogP contribution in [0.2, 0.25) is 0 Å². The lowest BCUT2D eigenvalue weighted by Crippen LogP contribution is -2.34. The van der Waals surface area contributed by atoms with E-state index < -0.39 is 0 Å². The summed E-state index contributed by atoms with van der Waals surface area (Å²) in [5.41, 5.74) is 0.852. The summed E-state index contributed by atoms with van der Waals surface area (Å²) in [6, 6.07) is 7.69. The zero-order chi connectivity index (χ0) is 10.5. The third kappa shape index (κ3) is 3.03. The average molecular weight is 207 g/mol. The normalized spacial score (nSPS) is 21.5. The summed E-state index contributed by atoms with van der Waals surface area (Å²) in [5.74, 6) is -0.0618. The SMILES string of the molecule is Fc1ccccc1CC[C@@H]1CCCCN1. The van der Waals surface area contributed by atoms with Gasteiger partial charge in [-0.15, -0.1) is 0 Å². The Hall–Kier alpha value is -0.890. The van der Waals surface area contributed by atoms with Crippen molar-refractivity contribution in [2.45, 2.75) is 38.1 Å². The molecule has 82 valence electrons. The van der Waals surface area contributed by atoms with Crippen LogP contribution in [0.4, 0.5) is 4.39 Å². The summed E-state index contributed by atoms with van der Waals surface area (Å²) < 4.78 is 13.3. The van der Waals surface area contributed by atoms with Crippen LogP contribution in [0.15, 0.2) is 24.3 Å². The Morgan fingerprint density at radius 2 is 2.13 bits per heavy atom. The minimum Gasteiger partial charge on any atom is -0.314 e. The lowest BCUT2D eigenvalue weighted by molar-refractivity contribution is 0.381. The Labute approximate surface area is 90.7 Å². The van der Waals surface area contributed by atoms with Crippen LogP contribution in [-0.2, 0) is 6.42 Å². The fourth-order valence-electron chi connectivity index (χ4n) is 2.20. The van der Waals surface area contributed by atoms with Gasteiger partial charge in [-0.2, -0.15) is 0 Å². The van der Waals surface area contributed by atoms with E-state index >= 15 is 0 Å². The number of hydrogen-bond donors (Lipinski definition) is 1. The summed E-state index contributed by atoms with van der Waals surface area (Å²) in [6.07, 6.45) is 5.75. The van der Waals surface area contributed by atoms with E-state index in [9.17, 15) is 4.39 Å². The maximum atomic E-state index is 13.3. The summed E-state index contributed by atoms with van der Waals surface area (Å²) in [7, 11) is 0. The maximum absolute atomic E-state index is 13.3.